The van der Waals surface area contributed by atoms with E-state index in [1.54, 1.807) is 0 Å². The number of aryl methyl sites for hydroxylation is 2. The van der Waals surface area contributed by atoms with Crippen LogP contribution in [-0.2, 0) is 0 Å². The maximum atomic E-state index is 13.0. The first kappa shape index (κ1) is 12.9. The van der Waals surface area contributed by atoms with Gasteiger partial charge in [-0.1, -0.05) is 11.6 Å². The molecule has 0 spiro atoms. The summed E-state index contributed by atoms with van der Waals surface area (Å²) in [5.74, 6) is -1.14. The van der Waals surface area contributed by atoms with Crippen LogP contribution >= 0.6 is 22.9 Å². The van der Waals surface area contributed by atoms with E-state index >= 15 is 0 Å². The molecule has 7 heteroatoms. The Morgan fingerprint density at radius 3 is 2.83 bits per heavy atom. The lowest BCUT2D eigenvalue weighted by Crippen LogP contribution is -2.13. The summed E-state index contributed by atoms with van der Waals surface area (Å²) in [5, 5.41) is 2.98. The first-order valence-electron chi connectivity index (χ1n) is 5.04. The third-order valence-corrected chi connectivity index (χ3v) is 3.59. The highest BCUT2D eigenvalue weighted by Crippen LogP contribution is 2.22. The summed E-state index contributed by atoms with van der Waals surface area (Å²) in [6.45, 7) is 3.75. The molecule has 2 aromatic heterocycles. The topological polar surface area (TPSA) is 54.9 Å². The van der Waals surface area contributed by atoms with Gasteiger partial charge in [0.15, 0.2) is 5.13 Å². The number of carbonyl (C=O) groups excluding carboxylic acids is 1. The van der Waals surface area contributed by atoms with Crippen LogP contribution in [0.1, 0.15) is 20.9 Å². The van der Waals surface area contributed by atoms with Gasteiger partial charge in [0.25, 0.3) is 5.91 Å². The van der Waals surface area contributed by atoms with E-state index < -0.39 is 11.7 Å². The summed E-state index contributed by atoms with van der Waals surface area (Å²) in [7, 11) is 0. The number of hydrogen-bond donors (Lipinski definition) is 1. The van der Waals surface area contributed by atoms with Gasteiger partial charge in [0, 0.05) is 4.88 Å². The molecule has 0 saturated heterocycles. The molecule has 0 aromatic carbocycles. The van der Waals surface area contributed by atoms with E-state index in [1.807, 2.05) is 13.8 Å². The van der Waals surface area contributed by atoms with Crippen LogP contribution in [0.25, 0.3) is 0 Å². The predicted octanol–water partition coefficient (Wildman–Crippen LogP) is 3.20. The van der Waals surface area contributed by atoms with Crippen molar-refractivity contribution in [3.05, 3.63) is 39.4 Å². The minimum Gasteiger partial charge on any atom is -0.298 e. The van der Waals surface area contributed by atoms with Crippen molar-refractivity contribution in [2.24, 2.45) is 0 Å². The highest BCUT2D eigenvalue weighted by Gasteiger charge is 2.15. The quantitative estimate of drug-likeness (QED) is 0.862. The fraction of sp³-hybridized carbons (Fsp3) is 0.182. The lowest BCUT2D eigenvalue weighted by Gasteiger charge is -2.03. The fourth-order valence-electron chi connectivity index (χ4n) is 1.27. The molecule has 2 heterocycles. The second-order valence-corrected chi connectivity index (χ2v) is 5.17. The van der Waals surface area contributed by atoms with Crippen molar-refractivity contribution in [3.63, 3.8) is 0 Å². The Hall–Kier alpha value is -1.53. The SMILES string of the molecule is Cc1nc(NC(=O)c2cc(F)cnc2Cl)sc1C. The number of hydrogen-bond acceptors (Lipinski definition) is 4. The number of nitrogens with zero attached hydrogens (tertiary/aromatic N) is 2. The van der Waals surface area contributed by atoms with Crippen LogP contribution in [0, 0.1) is 19.7 Å². The van der Waals surface area contributed by atoms with Crippen LogP contribution in [-0.4, -0.2) is 15.9 Å². The highest BCUT2D eigenvalue weighted by molar-refractivity contribution is 7.15. The number of halogens is 2. The lowest BCUT2D eigenvalue weighted by molar-refractivity contribution is 0.102. The highest BCUT2D eigenvalue weighted by atomic mass is 35.5. The van der Waals surface area contributed by atoms with E-state index in [0.29, 0.717) is 5.13 Å². The number of anilines is 1. The molecule has 0 aliphatic carbocycles. The average molecular weight is 286 g/mol. The van der Waals surface area contributed by atoms with Crippen LogP contribution < -0.4 is 5.32 Å². The number of thiazole rings is 1. The largest absolute Gasteiger partial charge is 0.298 e. The second-order valence-electron chi connectivity index (χ2n) is 3.61. The number of pyridine rings is 1. The normalized spacial score (nSPS) is 10.4. The van der Waals surface area contributed by atoms with E-state index in [-0.39, 0.29) is 10.7 Å². The minimum atomic E-state index is -0.615. The van der Waals surface area contributed by atoms with Crippen molar-refractivity contribution in [2.75, 3.05) is 5.32 Å². The van der Waals surface area contributed by atoms with Crippen LogP contribution in [0.15, 0.2) is 12.3 Å². The van der Waals surface area contributed by atoms with Gasteiger partial charge in [0.1, 0.15) is 11.0 Å². The van der Waals surface area contributed by atoms with Crippen molar-refractivity contribution in [3.8, 4) is 0 Å². The lowest BCUT2D eigenvalue weighted by atomic mass is 10.2. The molecule has 0 fully saturated rings. The summed E-state index contributed by atoms with van der Waals surface area (Å²) >= 11 is 7.09. The van der Waals surface area contributed by atoms with Crippen molar-refractivity contribution in [2.45, 2.75) is 13.8 Å². The number of carbonyl (C=O) groups is 1. The zero-order valence-corrected chi connectivity index (χ0v) is 11.2. The predicted molar refractivity (Wildman–Crippen MR) is 68.7 cm³/mol. The van der Waals surface area contributed by atoms with Gasteiger partial charge in [-0.15, -0.1) is 11.3 Å². The average Bonchev–Trinajstić information content (AvgIpc) is 2.61. The van der Waals surface area contributed by atoms with Gasteiger partial charge in [0.05, 0.1) is 17.5 Å². The second kappa shape index (κ2) is 4.99. The van der Waals surface area contributed by atoms with Crippen LogP contribution in [0.3, 0.4) is 0 Å². The zero-order valence-electron chi connectivity index (χ0n) is 9.62. The molecule has 1 N–H and O–H groups in total. The first-order chi connectivity index (χ1) is 8.47. The van der Waals surface area contributed by atoms with Crippen molar-refractivity contribution in [1.82, 2.24) is 9.97 Å². The Bertz CT molecular complexity index is 595. The molecule has 2 aromatic rings. The van der Waals surface area contributed by atoms with Crippen LogP contribution in [0.5, 0.6) is 0 Å². The number of amides is 1. The molecular formula is C11H9ClFN3OS. The zero-order chi connectivity index (χ0) is 13.3. The third-order valence-electron chi connectivity index (χ3n) is 2.30. The minimum absolute atomic E-state index is 0.0119. The monoisotopic (exact) mass is 285 g/mol. The summed E-state index contributed by atoms with van der Waals surface area (Å²) in [4.78, 5) is 20.6. The molecule has 2 rings (SSSR count). The molecule has 0 aliphatic rings. The molecule has 4 nitrogen and oxygen atoms in total. The Kier molecular flexibility index (Phi) is 3.58. The molecule has 1 amide bonds. The Morgan fingerprint density at radius 1 is 1.50 bits per heavy atom. The molecule has 0 bridgehead atoms. The van der Waals surface area contributed by atoms with E-state index in [9.17, 15) is 9.18 Å². The van der Waals surface area contributed by atoms with E-state index in [4.69, 9.17) is 11.6 Å². The first-order valence-corrected chi connectivity index (χ1v) is 6.23. The van der Waals surface area contributed by atoms with E-state index in [1.165, 1.54) is 11.3 Å². The molecule has 0 unspecified atom stereocenters. The van der Waals surface area contributed by atoms with Crippen molar-refractivity contribution in [1.29, 1.82) is 0 Å². The van der Waals surface area contributed by atoms with Gasteiger partial charge in [0.2, 0.25) is 0 Å². The number of rotatable bonds is 2. The molecule has 0 aliphatic heterocycles. The molecule has 0 radical (unpaired) electrons. The summed E-state index contributed by atoms with van der Waals surface area (Å²) < 4.78 is 13.0. The third kappa shape index (κ3) is 2.65. The van der Waals surface area contributed by atoms with Crippen molar-refractivity contribution >= 4 is 34.0 Å². The summed E-state index contributed by atoms with van der Waals surface area (Å²) in [6, 6.07) is 1.04. The van der Waals surface area contributed by atoms with Gasteiger partial charge in [-0.3, -0.25) is 10.1 Å². The van der Waals surface area contributed by atoms with Gasteiger partial charge in [-0.05, 0) is 19.9 Å². The fourth-order valence-corrected chi connectivity index (χ4v) is 2.27. The Labute approximate surface area is 112 Å². The summed E-state index contributed by atoms with van der Waals surface area (Å²) in [5.41, 5.74) is 0.834. The smallest absolute Gasteiger partial charge is 0.260 e. The van der Waals surface area contributed by atoms with Gasteiger partial charge in [-0.2, -0.15) is 0 Å². The van der Waals surface area contributed by atoms with Crippen molar-refractivity contribution < 1.29 is 9.18 Å². The standard InChI is InChI=1S/C11H9ClFN3OS/c1-5-6(2)18-11(15-5)16-10(17)8-3-7(13)4-14-9(8)12/h3-4H,1-2H3,(H,15,16,17). The van der Waals surface area contributed by atoms with Crippen LogP contribution in [0.2, 0.25) is 5.15 Å². The Balaban J connectivity index is 2.24. The maximum Gasteiger partial charge on any atom is 0.260 e. The molecule has 0 atom stereocenters. The maximum absolute atomic E-state index is 13.0. The molecule has 0 saturated carbocycles. The van der Waals surface area contributed by atoms with Gasteiger partial charge >= 0.3 is 0 Å². The molecule has 94 valence electrons. The Morgan fingerprint density at radius 2 is 2.22 bits per heavy atom. The van der Waals surface area contributed by atoms with Gasteiger partial charge < -0.3 is 0 Å². The molecular weight excluding hydrogens is 277 g/mol. The van der Waals surface area contributed by atoms with E-state index in [0.717, 1.165) is 22.8 Å². The summed E-state index contributed by atoms with van der Waals surface area (Å²) in [6.07, 6.45) is 0.955. The van der Waals surface area contributed by atoms with Gasteiger partial charge in [-0.25, -0.2) is 14.4 Å². The van der Waals surface area contributed by atoms with E-state index in [2.05, 4.69) is 15.3 Å². The molecule has 18 heavy (non-hydrogen) atoms. The van der Waals surface area contributed by atoms with Crippen LogP contribution in [0.4, 0.5) is 9.52 Å². The number of aromatic nitrogens is 2. The number of nitrogens with one attached hydrogen (secondary N) is 1.